The van der Waals surface area contributed by atoms with Crippen LogP contribution in [0.1, 0.15) is 25.0 Å². The summed E-state index contributed by atoms with van der Waals surface area (Å²) in [6.07, 6.45) is 1.87. The molecule has 1 aromatic carbocycles. The summed E-state index contributed by atoms with van der Waals surface area (Å²) in [5.41, 5.74) is 3.83. The molecule has 2 aromatic rings. The van der Waals surface area contributed by atoms with Crippen molar-refractivity contribution in [3.05, 3.63) is 53.7 Å². The lowest BCUT2D eigenvalue weighted by atomic mass is 10.2. The Hall–Kier alpha value is -2.03. The summed E-state index contributed by atoms with van der Waals surface area (Å²) in [5, 5.41) is 3.26. The summed E-state index contributed by atoms with van der Waals surface area (Å²) >= 11 is 0. The molecule has 3 heteroatoms. The molecular formula is C17H23N3. The minimum Gasteiger partial charge on any atom is -0.370 e. The Morgan fingerprint density at radius 1 is 1.10 bits per heavy atom. The van der Waals surface area contributed by atoms with Crippen LogP contribution in [0.4, 0.5) is 11.5 Å². The van der Waals surface area contributed by atoms with E-state index in [1.165, 1.54) is 16.8 Å². The van der Waals surface area contributed by atoms with Crippen molar-refractivity contribution in [1.29, 1.82) is 0 Å². The van der Waals surface area contributed by atoms with Crippen molar-refractivity contribution in [3.8, 4) is 0 Å². The van der Waals surface area contributed by atoms with Crippen molar-refractivity contribution in [2.45, 2.75) is 27.3 Å². The van der Waals surface area contributed by atoms with Gasteiger partial charge in [-0.1, -0.05) is 17.7 Å². The number of rotatable bonds is 6. The van der Waals surface area contributed by atoms with Gasteiger partial charge in [0.1, 0.15) is 5.82 Å². The monoisotopic (exact) mass is 269 g/mol. The van der Waals surface area contributed by atoms with E-state index in [2.05, 4.69) is 72.4 Å². The molecule has 0 aliphatic rings. The fourth-order valence-electron chi connectivity index (χ4n) is 2.21. The third-order valence-electron chi connectivity index (χ3n) is 3.34. The minimum absolute atomic E-state index is 0.895. The van der Waals surface area contributed by atoms with E-state index in [1.807, 2.05) is 6.20 Å². The van der Waals surface area contributed by atoms with Gasteiger partial charge in [-0.05, 0) is 50.6 Å². The molecule has 0 unspecified atom stereocenters. The maximum Gasteiger partial charge on any atom is 0.126 e. The number of aromatic nitrogens is 1. The van der Waals surface area contributed by atoms with E-state index in [-0.39, 0.29) is 0 Å². The second-order valence-electron chi connectivity index (χ2n) is 4.93. The number of anilines is 2. The zero-order valence-electron chi connectivity index (χ0n) is 12.6. The largest absolute Gasteiger partial charge is 0.370 e. The fourth-order valence-corrected chi connectivity index (χ4v) is 2.21. The molecule has 1 aromatic heterocycles. The highest BCUT2D eigenvalue weighted by atomic mass is 15.1. The Bertz CT molecular complexity index is 534. The highest BCUT2D eigenvalue weighted by Crippen LogP contribution is 2.18. The van der Waals surface area contributed by atoms with Crippen LogP contribution in [-0.4, -0.2) is 18.1 Å². The van der Waals surface area contributed by atoms with Crippen LogP contribution in [0.5, 0.6) is 0 Å². The standard InChI is InChI=1S/C17H23N3/c1-4-18-17-12-15(10-11-19-17)13-20(5-2)16-8-6-14(3)7-9-16/h6-12H,4-5,13H2,1-3H3,(H,18,19). The summed E-state index contributed by atoms with van der Waals surface area (Å²) in [4.78, 5) is 6.68. The zero-order valence-corrected chi connectivity index (χ0v) is 12.6. The van der Waals surface area contributed by atoms with Crippen molar-refractivity contribution in [3.63, 3.8) is 0 Å². The van der Waals surface area contributed by atoms with Gasteiger partial charge < -0.3 is 10.2 Å². The topological polar surface area (TPSA) is 28.2 Å². The third kappa shape index (κ3) is 3.73. The van der Waals surface area contributed by atoms with E-state index in [0.717, 1.165) is 25.5 Å². The summed E-state index contributed by atoms with van der Waals surface area (Å²) in [6.45, 7) is 9.17. The Kier molecular flexibility index (Phi) is 4.99. The number of hydrogen-bond acceptors (Lipinski definition) is 3. The van der Waals surface area contributed by atoms with Crippen molar-refractivity contribution >= 4 is 11.5 Å². The molecule has 20 heavy (non-hydrogen) atoms. The first kappa shape index (κ1) is 14.4. The number of pyridine rings is 1. The van der Waals surface area contributed by atoms with Crippen molar-refractivity contribution in [2.75, 3.05) is 23.3 Å². The molecule has 0 aliphatic carbocycles. The normalized spacial score (nSPS) is 10.3. The Morgan fingerprint density at radius 2 is 1.85 bits per heavy atom. The van der Waals surface area contributed by atoms with Gasteiger partial charge in [-0.2, -0.15) is 0 Å². The Labute approximate surface area is 121 Å². The van der Waals surface area contributed by atoms with E-state index in [1.54, 1.807) is 0 Å². The molecular weight excluding hydrogens is 246 g/mol. The predicted octanol–water partition coefficient (Wildman–Crippen LogP) is 3.85. The highest BCUT2D eigenvalue weighted by molar-refractivity contribution is 5.48. The van der Waals surface area contributed by atoms with Crippen LogP contribution in [0, 0.1) is 6.92 Å². The van der Waals surface area contributed by atoms with Gasteiger partial charge in [-0.3, -0.25) is 0 Å². The third-order valence-corrected chi connectivity index (χ3v) is 3.34. The molecule has 0 radical (unpaired) electrons. The Balaban J connectivity index is 2.13. The van der Waals surface area contributed by atoms with Gasteiger partial charge in [0, 0.05) is 31.5 Å². The lowest BCUT2D eigenvalue weighted by molar-refractivity contribution is 0.830. The highest BCUT2D eigenvalue weighted by Gasteiger charge is 2.06. The predicted molar refractivity (Wildman–Crippen MR) is 86.3 cm³/mol. The molecule has 0 spiro atoms. The number of aryl methyl sites for hydroxylation is 1. The molecule has 0 aliphatic heterocycles. The summed E-state index contributed by atoms with van der Waals surface area (Å²) in [5.74, 6) is 0.949. The molecule has 3 nitrogen and oxygen atoms in total. The molecule has 0 saturated heterocycles. The maximum atomic E-state index is 4.32. The molecule has 2 rings (SSSR count). The lowest BCUT2D eigenvalue weighted by Crippen LogP contribution is -2.22. The summed E-state index contributed by atoms with van der Waals surface area (Å²) < 4.78 is 0. The average molecular weight is 269 g/mol. The van der Waals surface area contributed by atoms with Crippen molar-refractivity contribution in [2.24, 2.45) is 0 Å². The molecule has 0 atom stereocenters. The van der Waals surface area contributed by atoms with Gasteiger partial charge >= 0.3 is 0 Å². The first-order chi connectivity index (χ1) is 9.72. The molecule has 1 heterocycles. The first-order valence-corrected chi connectivity index (χ1v) is 7.23. The van der Waals surface area contributed by atoms with Gasteiger partial charge in [-0.15, -0.1) is 0 Å². The van der Waals surface area contributed by atoms with E-state index >= 15 is 0 Å². The van der Waals surface area contributed by atoms with Gasteiger partial charge in [0.25, 0.3) is 0 Å². The fraction of sp³-hybridized carbons (Fsp3) is 0.353. The van der Waals surface area contributed by atoms with Crippen LogP contribution >= 0.6 is 0 Å². The van der Waals surface area contributed by atoms with E-state index < -0.39 is 0 Å². The first-order valence-electron chi connectivity index (χ1n) is 7.23. The molecule has 0 bridgehead atoms. The zero-order chi connectivity index (χ0) is 14.4. The second kappa shape index (κ2) is 6.94. The van der Waals surface area contributed by atoms with Gasteiger partial charge in [0.05, 0.1) is 0 Å². The van der Waals surface area contributed by atoms with E-state index in [9.17, 15) is 0 Å². The lowest BCUT2D eigenvalue weighted by Gasteiger charge is -2.23. The minimum atomic E-state index is 0.895. The van der Waals surface area contributed by atoms with Gasteiger partial charge in [0.2, 0.25) is 0 Å². The molecule has 0 amide bonds. The number of hydrogen-bond donors (Lipinski definition) is 1. The number of nitrogens with zero attached hydrogens (tertiary/aromatic N) is 2. The molecule has 106 valence electrons. The van der Waals surface area contributed by atoms with Crippen LogP contribution in [0.2, 0.25) is 0 Å². The van der Waals surface area contributed by atoms with Crippen LogP contribution in [0.3, 0.4) is 0 Å². The molecule has 0 saturated carbocycles. The Morgan fingerprint density at radius 3 is 2.50 bits per heavy atom. The summed E-state index contributed by atoms with van der Waals surface area (Å²) in [7, 11) is 0. The number of benzene rings is 1. The average Bonchev–Trinajstić information content (AvgIpc) is 2.47. The van der Waals surface area contributed by atoms with Crippen LogP contribution in [0.15, 0.2) is 42.6 Å². The quantitative estimate of drug-likeness (QED) is 0.863. The second-order valence-corrected chi connectivity index (χ2v) is 4.93. The number of nitrogens with one attached hydrogen (secondary N) is 1. The molecule has 1 N–H and O–H groups in total. The van der Waals surface area contributed by atoms with E-state index in [0.29, 0.717) is 0 Å². The summed E-state index contributed by atoms with van der Waals surface area (Å²) in [6, 6.07) is 12.9. The smallest absolute Gasteiger partial charge is 0.126 e. The van der Waals surface area contributed by atoms with Crippen molar-refractivity contribution in [1.82, 2.24) is 4.98 Å². The van der Waals surface area contributed by atoms with Gasteiger partial charge in [0.15, 0.2) is 0 Å². The van der Waals surface area contributed by atoms with E-state index in [4.69, 9.17) is 0 Å². The SMILES string of the molecule is CCNc1cc(CN(CC)c2ccc(C)cc2)ccn1. The van der Waals surface area contributed by atoms with Crippen LogP contribution in [-0.2, 0) is 6.54 Å². The van der Waals surface area contributed by atoms with Crippen LogP contribution < -0.4 is 10.2 Å². The molecule has 0 fully saturated rings. The maximum absolute atomic E-state index is 4.32. The van der Waals surface area contributed by atoms with Crippen LogP contribution in [0.25, 0.3) is 0 Å². The van der Waals surface area contributed by atoms with Gasteiger partial charge in [-0.25, -0.2) is 4.98 Å². The van der Waals surface area contributed by atoms with Crippen molar-refractivity contribution < 1.29 is 0 Å².